The lowest BCUT2D eigenvalue weighted by Crippen LogP contribution is -2.36. The Hall–Kier alpha value is -1.07. The number of aryl methyl sites for hydroxylation is 2. The van der Waals surface area contributed by atoms with Crippen molar-refractivity contribution in [1.29, 1.82) is 0 Å². The van der Waals surface area contributed by atoms with Gasteiger partial charge in [0.2, 0.25) is 5.91 Å². The molecule has 106 valence electrons. The predicted octanol–water partition coefficient (Wildman–Crippen LogP) is 1.58. The number of carbonyl (C=O) groups is 1. The number of hydrogen-bond acceptors (Lipinski definition) is 3. The quantitative estimate of drug-likeness (QED) is 0.893. The summed E-state index contributed by atoms with van der Waals surface area (Å²) in [5.41, 5.74) is 1.79. The summed E-state index contributed by atoms with van der Waals surface area (Å²) in [6.45, 7) is 7.44. The Morgan fingerprint density at radius 1 is 1.42 bits per heavy atom. The molecule has 0 aliphatic carbocycles. The summed E-state index contributed by atoms with van der Waals surface area (Å²) in [6.07, 6.45) is 2.25. The van der Waals surface area contributed by atoms with Crippen LogP contribution in [0, 0.1) is 6.92 Å². The first-order valence-corrected chi connectivity index (χ1v) is 7.21. The number of nitrogens with one attached hydrogen (secondary N) is 1. The van der Waals surface area contributed by atoms with Crippen molar-refractivity contribution in [2.24, 2.45) is 0 Å². The summed E-state index contributed by atoms with van der Waals surface area (Å²) in [7, 11) is 0. The molecule has 1 fully saturated rings. The molecule has 1 aliphatic rings. The fourth-order valence-electron chi connectivity index (χ4n) is 2.40. The summed E-state index contributed by atoms with van der Waals surface area (Å²) in [5, 5.41) is 8.22. The van der Waals surface area contributed by atoms with Crippen molar-refractivity contribution < 1.29 is 4.79 Å². The first kappa shape index (κ1) is 14.3. The molecule has 0 radical (unpaired) electrons. The minimum atomic E-state index is 0.174. The van der Waals surface area contributed by atoms with E-state index >= 15 is 0 Å². The van der Waals surface area contributed by atoms with Gasteiger partial charge in [0.05, 0.1) is 23.0 Å². The predicted molar refractivity (Wildman–Crippen MR) is 75.2 cm³/mol. The number of nitrogens with zero attached hydrogens (tertiary/aromatic N) is 3. The average Bonchev–Trinajstić information content (AvgIpc) is 3.01. The normalized spacial score (nSPS) is 15.2. The average molecular weight is 285 g/mol. The van der Waals surface area contributed by atoms with Gasteiger partial charge < -0.3 is 10.2 Å². The van der Waals surface area contributed by atoms with Crippen LogP contribution in [-0.4, -0.2) is 40.2 Å². The Labute approximate surface area is 118 Å². The Bertz CT molecular complexity index is 452. The minimum absolute atomic E-state index is 0.174. The molecule has 0 aromatic carbocycles. The van der Waals surface area contributed by atoms with Gasteiger partial charge in [0, 0.05) is 26.2 Å². The van der Waals surface area contributed by atoms with Crippen molar-refractivity contribution in [3.63, 3.8) is 0 Å². The summed E-state index contributed by atoms with van der Waals surface area (Å²) < 4.78 is 1.88. The summed E-state index contributed by atoms with van der Waals surface area (Å²) in [5.74, 6) is 0.174. The van der Waals surface area contributed by atoms with E-state index in [-0.39, 0.29) is 5.91 Å². The molecule has 19 heavy (non-hydrogen) atoms. The molecule has 0 spiro atoms. The third-order valence-corrected chi connectivity index (χ3v) is 3.97. The van der Waals surface area contributed by atoms with Crippen LogP contribution in [0.5, 0.6) is 0 Å². The maximum Gasteiger partial charge on any atom is 0.236 e. The molecule has 0 saturated carbocycles. The standard InChI is InChI=1S/C13H21ClN4O/c1-3-18-11(13(14)10(2)16-18)8-15-9-12(19)17-6-4-5-7-17/h15H,3-9H2,1-2H3. The molecule has 1 N–H and O–H groups in total. The van der Waals surface area contributed by atoms with E-state index in [1.807, 2.05) is 23.4 Å². The first-order chi connectivity index (χ1) is 9.13. The zero-order chi connectivity index (χ0) is 13.8. The summed E-state index contributed by atoms with van der Waals surface area (Å²) in [4.78, 5) is 13.8. The smallest absolute Gasteiger partial charge is 0.236 e. The monoisotopic (exact) mass is 284 g/mol. The number of carbonyl (C=O) groups excluding carboxylic acids is 1. The van der Waals surface area contributed by atoms with Gasteiger partial charge in [-0.15, -0.1) is 0 Å². The van der Waals surface area contributed by atoms with Crippen LogP contribution in [0.2, 0.25) is 5.02 Å². The molecule has 6 heteroatoms. The van der Waals surface area contributed by atoms with E-state index in [2.05, 4.69) is 10.4 Å². The maximum atomic E-state index is 11.9. The van der Waals surface area contributed by atoms with Gasteiger partial charge in [-0.3, -0.25) is 9.48 Å². The van der Waals surface area contributed by atoms with Crippen molar-refractivity contribution >= 4 is 17.5 Å². The highest BCUT2D eigenvalue weighted by molar-refractivity contribution is 6.31. The van der Waals surface area contributed by atoms with E-state index < -0.39 is 0 Å². The Balaban J connectivity index is 1.87. The van der Waals surface area contributed by atoms with Crippen LogP contribution in [0.4, 0.5) is 0 Å². The molecule has 0 bridgehead atoms. The van der Waals surface area contributed by atoms with Crippen LogP contribution in [0.1, 0.15) is 31.2 Å². The highest BCUT2D eigenvalue weighted by atomic mass is 35.5. The Morgan fingerprint density at radius 3 is 2.74 bits per heavy atom. The summed E-state index contributed by atoms with van der Waals surface area (Å²) in [6, 6.07) is 0. The van der Waals surface area contributed by atoms with E-state index in [0.29, 0.717) is 18.1 Å². The second kappa shape index (κ2) is 6.39. The van der Waals surface area contributed by atoms with Crippen LogP contribution < -0.4 is 5.32 Å². The second-order valence-electron chi connectivity index (χ2n) is 4.85. The zero-order valence-corrected chi connectivity index (χ0v) is 12.3. The number of amides is 1. The maximum absolute atomic E-state index is 11.9. The molecule has 1 saturated heterocycles. The molecule has 0 atom stereocenters. The van der Waals surface area contributed by atoms with Crippen molar-refractivity contribution in [1.82, 2.24) is 20.0 Å². The van der Waals surface area contributed by atoms with Gasteiger partial charge in [-0.1, -0.05) is 11.6 Å². The van der Waals surface area contributed by atoms with Crippen LogP contribution >= 0.6 is 11.6 Å². The van der Waals surface area contributed by atoms with Gasteiger partial charge in [0.1, 0.15) is 0 Å². The number of hydrogen-bond donors (Lipinski definition) is 1. The molecule has 1 aliphatic heterocycles. The van der Waals surface area contributed by atoms with E-state index in [9.17, 15) is 4.79 Å². The lowest BCUT2D eigenvalue weighted by atomic mass is 10.3. The fourth-order valence-corrected chi connectivity index (χ4v) is 2.61. The molecular weight excluding hydrogens is 264 g/mol. The van der Waals surface area contributed by atoms with E-state index in [1.165, 1.54) is 0 Å². The molecule has 2 heterocycles. The molecular formula is C13H21ClN4O. The SMILES string of the molecule is CCn1nc(C)c(Cl)c1CNCC(=O)N1CCCC1. The molecule has 5 nitrogen and oxygen atoms in total. The van der Waals surface area contributed by atoms with Crippen molar-refractivity contribution in [2.45, 2.75) is 39.8 Å². The van der Waals surface area contributed by atoms with Crippen LogP contribution in [0.25, 0.3) is 0 Å². The Morgan fingerprint density at radius 2 is 2.11 bits per heavy atom. The van der Waals surface area contributed by atoms with E-state index in [0.717, 1.165) is 43.9 Å². The molecule has 1 amide bonds. The van der Waals surface area contributed by atoms with Crippen molar-refractivity contribution in [3.05, 3.63) is 16.4 Å². The van der Waals surface area contributed by atoms with Gasteiger partial charge in [-0.05, 0) is 26.7 Å². The fraction of sp³-hybridized carbons (Fsp3) is 0.692. The number of aromatic nitrogens is 2. The lowest BCUT2D eigenvalue weighted by molar-refractivity contribution is -0.129. The van der Waals surface area contributed by atoms with Gasteiger partial charge in [-0.25, -0.2) is 0 Å². The topological polar surface area (TPSA) is 50.2 Å². The molecule has 2 rings (SSSR count). The van der Waals surface area contributed by atoms with Gasteiger partial charge >= 0.3 is 0 Å². The highest BCUT2D eigenvalue weighted by Gasteiger charge is 2.18. The zero-order valence-electron chi connectivity index (χ0n) is 11.6. The van der Waals surface area contributed by atoms with Crippen LogP contribution in [0.3, 0.4) is 0 Å². The summed E-state index contributed by atoms with van der Waals surface area (Å²) >= 11 is 6.22. The number of halogens is 1. The van der Waals surface area contributed by atoms with Gasteiger partial charge in [0.15, 0.2) is 0 Å². The van der Waals surface area contributed by atoms with Crippen LogP contribution in [0.15, 0.2) is 0 Å². The largest absolute Gasteiger partial charge is 0.342 e. The molecule has 1 aromatic heterocycles. The third kappa shape index (κ3) is 3.28. The number of likely N-dealkylation sites (tertiary alicyclic amines) is 1. The van der Waals surface area contributed by atoms with Crippen LogP contribution in [-0.2, 0) is 17.9 Å². The molecule has 0 unspecified atom stereocenters. The van der Waals surface area contributed by atoms with E-state index in [4.69, 9.17) is 11.6 Å². The minimum Gasteiger partial charge on any atom is -0.342 e. The first-order valence-electron chi connectivity index (χ1n) is 6.83. The second-order valence-corrected chi connectivity index (χ2v) is 5.23. The van der Waals surface area contributed by atoms with Crippen molar-refractivity contribution in [2.75, 3.05) is 19.6 Å². The highest BCUT2D eigenvalue weighted by Crippen LogP contribution is 2.19. The Kier molecular flexibility index (Phi) is 4.82. The van der Waals surface area contributed by atoms with E-state index in [1.54, 1.807) is 0 Å². The number of rotatable bonds is 5. The van der Waals surface area contributed by atoms with Gasteiger partial charge in [-0.2, -0.15) is 5.10 Å². The van der Waals surface area contributed by atoms with Gasteiger partial charge in [0.25, 0.3) is 0 Å². The molecule has 1 aromatic rings. The van der Waals surface area contributed by atoms with Crippen molar-refractivity contribution in [3.8, 4) is 0 Å². The lowest BCUT2D eigenvalue weighted by Gasteiger charge is -2.15. The third-order valence-electron chi connectivity index (χ3n) is 3.48.